The van der Waals surface area contributed by atoms with Crippen LogP contribution in [-0.2, 0) is 4.79 Å². The van der Waals surface area contributed by atoms with Gasteiger partial charge in [0, 0.05) is 30.8 Å². The molecule has 0 aromatic heterocycles. The molecule has 0 aliphatic heterocycles. The van der Waals surface area contributed by atoms with E-state index in [-0.39, 0.29) is 5.92 Å². The van der Waals surface area contributed by atoms with Gasteiger partial charge in [-0.05, 0) is 18.6 Å². The fourth-order valence-electron chi connectivity index (χ4n) is 1.80. The van der Waals surface area contributed by atoms with Crippen LogP contribution in [0.15, 0.2) is 61.7 Å². The monoisotopic (exact) mass is 271 g/mol. The van der Waals surface area contributed by atoms with Crippen molar-refractivity contribution in [2.75, 3.05) is 18.5 Å². The minimum atomic E-state index is 0.256. The van der Waals surface area contributed by atoms with E-state index in [1.165, 1.54) is 11.3 Å². The first-order valence-corrected chi connectivity index (χ1v) is 6.72. The van der Waals surface area contributed by atoms with Crippen molar-refractivity contribution in [3.63, 3.8) is 0 Å². The van der Waals surface area contributed by atoms with E-state index in [0.717, 1.165) is 12.8 Å². The third-order valence-electron chi connectivity index (χ3n) is 3.06. The first-order valence-electron chi connectivity index (χ1n) is 6.72. The summed E-state index contributed by atoms with van der Waals surface area (Å²) in [7, 11) is 2.08. The van der Waals surface area contributed by atoms with E-state index < -0.39 is 0 Å². The van der Waals surface area contributed by atoms with E-state index in [2.05, 4.69) is 57.7 Å². The fraction of sp³-hybridized carbons (Fsp3) is 0.278. The molecule has 0 aliphatic carbocycles. The van der Waals surface area contributed by atoms with Gasteiger partial charge in [0.05, 0.1) is 0 Å². The number of nitrogens with zero attached hydrogens (tertiary/aromatic N) is 1. The molecular formula is C18H25NO. The third-order valence-corrected chi connectivity index (χ3v) is 3.06. The summed E-state index contributed by atoms with van der Waals surface area (Å²) < 4.78 is 0. The molecular weight excluding hydrogens is 246 g/mol. The highest BCUT2D eigenvalue weighted by Crippen LogP contribution is 2.27. The molecule has 2 nitrogen and oxygen atoms in total. The number of hydrogen-bond donors (Lipinski definition) is 0. The average molecular weight is 271 g/mol. The Morgan fingerprint density at radius 3 is 2.50 bits per heavy atom. The van der Waals surface area contributed by atoms with Gasteiger partial charge in [-0.3, -0.25) is 4.79 Å². The Kier molecular flexibility index (Phi) is 8.77. The zero-order chi connectivity index (χ0) is 15.5. The summed E-state index contributed by atoms with van der Waals surface area (Å²) in [5, 5.41) is 0. The second kappa shape index (κ2) is 9.79. The van der Waals surface area contributed by atoms with Crippen LogP contribution in [0.1, 0.15) is 25.3 Å². The Labute approximate surface area is 123 Å². The highest BCUT2D eigenvalue weighted by Gasteiger charge is 2.09. The Morgan fingerprint density at radius 1 is 1.35 bits per heavy atom. The number of carbonyl (C=O) groups is 1. The molecule has 2 heteroatoms. The number of para-hydroxylation sites is 1. The van der Waals surface area contributed by atoms with Crippen LogP contribution in [0.2, 0.25) is 0 Å². The molecule has 0 amide bonds. The van der Waals surface area contributed by atoms with Crippen molar-refractivity contribution in [1.29, 1.82) is 0 Å². The number of hydrogen-bond acceptors (Lipinski definition) is 2. The predicted molar refractivity (Wildman–Crippen MR) is 89.4 cm³/mol. The quantitative estimate of drug-likeness (QED) is 0.331. The molecule has 0 fully saturated rings. The van der Waals surface area contributed by atoms with Crippen molar-refractivity contribution >= 4 is 12.0 Å². The maximum atomic E-state index is 10.5. The first kappa shape index (κ1) is 17.9. The molecule has 1 aromatic carbocycles. The van der Waals surface area contributed by atoms with E-state index in [9.17, 15) is 4.79 Å². The summed E-state index contributed by atoms with van der Waals surface area (Å²) in [5.41, 5.74) is 2.99. The summed E-state index contributed by atoms with van der Waals surface area (Å²) in [6, 6.07) is 8.34. The molecule has 1 unspecified atom stereocenters. The van der Waals surface area contributed by atoms with Gasteiger partial charge in [0.2, 0.25) is 0 Å². The number of aldehydes is 1. The molecule has 0 radical (unpaired) electrons. The molecule has 1 aromatic rings. The van der Waals surface area contributed by atoms with Crippen LogP contribution in [0.3, 0.4) is 0 Å². The molecule has 0 aliphatic rings. The summed E-state index contributed by atoms with van der Waals surface area (Å²) in [5.74, 6) is 0.256. The Bertz CT molecular complexity index is 462. The van der Waals surface area contributed by atoms with E-state index in [1.54, 1.807) is 6.08 Å². The van der Waals surface area contributed by atoms with Crippen LogP contribution in [0.5, 0.6) is 0 Å². The zero-order valence-corrected chi connectivity index (χ0v) is 12.8. The van der Waals surface area contributed by atoms with Crippen LogP contribution in [0, 0.1) is 0 Å². The predicted octanol–water partition coefficient (Wildman–Crippen LogP) is 4.36. The Morgan fingerprint density at radius 2 is 1.95 bits per heavy atom. The van der Waals surface area contributed by atoms with Gasteiger partial charge >= 0.3 is 0 Å². The van der Waals surface area contributed by atoms with Gasteiger partial charge in [0.25, 0.3) is 0 Å². The lowest BCUT2D eigenvalue weighted by atomic mass is 9.97. The van der Waals surface area contributed by atoms with Crippen LogP contribution in [-0.4, -0.2) is 19.9 Å². The van der Waals surface area contributed by atoms with Crippen LogP contribution in [0.4, 0.5) is 5.69 Å². The van der Waals surface area contributed by atoms with Gasteiger partial charge in [-0.1, -0.05) is 43.9 Å². The van der Waals surface area contributed by atoms with E-state index in [0.29, 0.717) is 5.57 Å². The molecule has 1 atom stereocenters. The minimum absolute atomic E-state index is 0.256. The van der Waals surface area contributed by atoms with Crippen LogP contribution >= 0.6 is 0 Å². The lowest BCUT2D eigenvalue weighted by molar-refractivity contribution is -0.104. The van der Waals surface area contributed by atoms with Crippen molar-refractivity contribution < 1.29 is 4.79 Å². The second-order valence-corrected chi connectivity index (χ2v) is 4.41. The topological polar surface area (TPSA) is 20.3 Å². The molecule has 0 spiro atoms. The number of rotatable bonds is 6. The number of allylic oxidation sites excluding steroid dienone is 3. The first-order chi connectivity index (χ1) is 9.60. The third kappa shape index (κ3) is 5.27. The van der Waals surface area contributed by atoms with Gasteiger partial charge < -0.3 is 4.90 Å². The van der Waals surface area contributed by atoms with Gasteiger partial charge in [-0.2, -0.15) is 0 Å². The largest absolute Gasteiger partial charge is 0.375 e. The number of anilines is 1. The van der Waals surface area contributed by atoms with Gasteiger partial charge in [0.1, 0.15) is 6.29 Å². The maximum absolute atomic E-state index is 10.5. The molecule has 108 valence electrons. The van der Waals surface area contributed by atoms with E-state index >= 15 is 0 Å². The molecule has 20 heavy (non-hydrogen) atoms. The highest BCUT2D eigenvalue weighted by molar-refractivity contribution is 5.76. The standard InChI is InChI=1S/C16H21NO.C2H4/c1-5-17(4)16-9-7-6-8-15(16)14(3)11-10-13(2)12-18;1-2/h6-12,14H,2,5H2,1,3-4H3;1-2H2/b11-10-;. The number of carbonyl (C=O) groups excluding carboxylic acids is 1. The highest BCUT2D eigenvalue weighted by atomic mass is 16.1. The molecule has 0 N–H and O–H groups in total. The van der Waals surface area contributed by atoms with E-state index in [1.807, 2.05) is 18.2 Å². The van der Waals surface area contributed by atoms with Crippen molar-refractivity contribution in [3.05, 3.63) is 67.3 Å². The van der Waals surface area contributed by atoms with E-state index in [4.69, 9.17) is 0 Å². The number of benzene rings is 1. The Hall–Kier alpha value is -2.09. The molecule has 0 saturated carbocycles. The summed E-state index contributed by atoms with van der Waals surface area (Å²) in [4.78, 5) is 12.7. The minimum Gasteiger partial charge on any atom is -0.375 e. The second-order valence-electron chi connectivity index (χ2n) is 4.41. The van der Waals surface area contributed by atoms with Gasteiger partial charge in [0.15, 0.2) is 0 Å². The Balaban J connectivity index is 0.00000172. The van der Waals surface area contributed by atoms with Crippen molar-refractivity contribution in [3.8, 4) is 0 Å². The summed E-state index contributed by atoms with van der Waals surface area (Å²) in [6.07, 6.45) is 4.56. The fourth-order valence-corrected chi connectivity index (χ4v) is 1.80. The van der Waals surface area contributed by atoms with Crippen molar-refractivity contribution in [2.24, 2.45) is 0 Å². The van der Waals surface area contributed by atoms with Crippen molar-refractivity contribution in [1.82, 2.24) is 0 Å². The average Bonchev–Trinajstić information content (AvgIpc) is 2.53. The van der Waals surface area contributed by atoms with Crippen molar-refractivity contribution in [2.45, 2.75) is 19.8 Å². The molecule has 0 heterocycles. The molecule has 1 rings (SSSR count). The molecule has 0 bridgehead atoms. The lowest BCUT2D eigenvalue weighted by Crippen LogP contribution is -2.17. The molecule has 0 saturated heterocycles. The normalized spacial score (nSPS) is 11.3. The van der Waals surface area contributed by atoms with Gasteiger partial charge in [-0.25, -0.2) is 0 Å². The van der Waals surface area contributed by atoms with Gasteiger partial charge in [-0.15, -0.1) is 13.2 Å². The van der Waals surface area contributed by atoms with Crippen LogP contribution in [0.25, 0.3) is 0 Å². The van der Waals surface area contributed by atoms with Crippen LogP contribution < -0.4 is 4.90 Å². The zero-order valence-electron chi connectivity index (χ0n) is 12.8. The summed E-state index contributed by atoms with van der Waals surface area (Å²) >= 11 is 0. The SMILES string of the molecule is C=C.C=C(C=O)/C=C\C(C)c1ccccc1N(C)CC. The summed E-state index contributed by atoms with van der Waals surface area (Å²) in [6.45, 7) is 14.9. The lowest BCUT2D eigenvalue weighted by Gasteiger charge is -2.22. The smallest absolute Gasteiger partial charge is 0.149 e. The maximum Gasteiger partial charge on any atom is 0.149 e.